The molecular formula is C12H21N3O5S2. The Hall–Kier alpha value is -1.75. The minimum atomic E-state index is -3.80. The molecule has 0 fully saturated rings. The summed E-state index contributed by atoms with van der Waals surface area (Å²) in [4.78, 5) is 15.8. The van der Waals surface area contributed by atoms with Crippen molar-refractivity contribution in [2.75, 3.05) is 18.5 Å². The molecule has 22 heavy (non-hydrogen) atoms. The van der Waals surface area contributed by atoms with Gasteiger partial charge < -0.3 is 14.8 Å². The van der Waals surface area contributed by atoms with Gasteiger partial charge in [0, 0.05) is 17.7 Å². The van der Waals surface area contributed by atoms with Crippen molar-refractivity contribution in [2.45, 2.75) is 18.9 Å². The van der Waals surface area contributed by atoms with Crippen LogP contribution in [0.25, 0.3) is 10.6 Å². The van der Waals surface area contributed by atoms with Crippen molar-refractivity contribution in [3.05, 3.63) is 17.8 Å². The number of thiazole rings is 1. The minimum absolute atomic E-state index is 0. The number of aliphatic hydroxyl groups is 1. The Morgan fingerprint density at radius 3 is 2.86 bits per heavy atom. The maximum Gasteiger partial charge on any atom is 0.274 e. The second-order valence-electron chi connectivity index (χ2n) is 4.35. The highest BCUT2D eigenvalue weighted by molar-refractivity contribution is 7.89. The number of rotatable bonds is 6. The molecule has 2 aromatic rings. The van der Waals surface area contributed by atoms with Gasteiger partial charge in [0.15, 0.2) is 5.13 Å². The Morgan fingerprint density at radius 2 is 2.23 bits per heavy atom. The van der Waals surface area contributed by atoms with Gasteiger partial charge in [0.1, 0.15) is 5.76 Å². The summed E-state index contributed by atoms with van der Waals surface area (Å²) in [5.74, 6) is 0.104. The fraction of sp³-hybridized carbons (Fsp3) is 0.333. The van der Waals surface area contributed by atoms with Crippen LogP contribution >= 0.6 is 11.3 Å². The number of amides is 1. The van der Waals surface area contributed by atoms with Crippen LogP contribution in [-0.2, 0) is 14.8 Å². The highest BCUT2D eigenvalue weighted by Gasteiger charge is 2.21. The number of sulfonamides is 1. The molecule has 0 saturated heterocycles. The smallest absolute Gasteiger partial charge is 0.274 e. The molecule has 10 heteroatoms. The van der Waals surface area contributed by atoms with E-state index < -0.39 is 10.0 Å². The first kappa shape index (κ1) is 16.6. The van der Waals surface area contributed by atoms with Crippen LogP contribution in [0.5, 0.6) is 0 Å². The van der Waals surface area contributed by atoms with Crippen molar-refractivity contribution in [2.24, 2.45) is 0 Å². The summed E-state index contributed by atoms with van der Waals surface area (Å²) >= 11 is 1.19. The second kappa shape index (κ2) is 6.57. The lowest BCUT2D eigenvalue weighted by atomic mass is 10.3. The number of carbonyl (C=O) groups is 1. The van der Waals surface area contributed by atoms with E-state index in [0.717, 1.165) is 0 Å². The van der Waals surface area contributed by atoms with Crippen LogP contribution in [0.4, 0.5) is 5.13 Å². The zero-order valence-electron chi connectivity index (χ0n) is 11.9. The monoisotopic (exact) mass is 351 g/mol. The lowest BCUT2D eigenvalue weighted by Crippen LogP contribution is -2.26. The second-order valence-corrected chi connectivity index (χ2v) is 7.05. The fourth-order valence-electron chi connectivity index (χ4n) is 1.67. The van der Waals surface area contributed by atoms with Crippen LogP contribution in [0.3, 0.4) is 0 Å². The van der Waals surface area contributed by atoms with Gasteiger partial charge in [-0.25, -0.2) is 18.1 Å². The Labute approximate surface area is 135 Å². The van der Waals surface area contributed by atoms with Crippen LogP contribution < -0.4 is 10.0 Å². The van der Waals surface area contributed by atoms with Crippen molar-refractivity contribution < 1.29 is 27.0 Å². The molecule has 1 amide bonds. The van der Waals surface area contributed by atoms with Gasteiger partial charge in [0.2, 0.25) is 11.0 Å². The molecule has 2 rings (SSSR count). The Bertz CT molecular complexity index is 792. The maximum absolute atomic E-state index is 11.9. The Kier molecular flexibility index (Phi) is 4.96. The number of aliphatic hydroxyl groups excluding tert-OH is 1. The van der Waals surface area contributed by atoms with E-state index in [2.05, 4.69) is 15.0 Å². The molecule has 3 N–H and O–H groups in total. The number of hydrogen-bond acceptors (Lipinski definition) is 7. The number of nitrogens with zero attached hydrogens (tertiary/aromatic N) is 1. The third kappa shape index (κ3) is 3.71. The van der Waals surface area contributed by atoms with Crippen LogP contribution in [-0.4, -0.2) is 37.6 Å². The number of aryl methyl sites for hydroxylation is 1. The van der Waals surface area contributed by atoms with Crippen molar-refractivity contribution in [1.29, 1.82) is 0 Å². The van der Waals surface area contributed by atoms with E-state index in [1.165, 1.54) is 30.4 Å². The molecule has 0 saturated carbocycles. The summed E-state index contributed by atoms with van der Waals surface area (Å²) < 4.78 is 31.3. The molecule has 0 aliphatic carbocycles. The SMILES string of the molecule is CC(=O)Nc1nc(C)c(-c2ccc(S(=O)(=O)NCCO)o2)s1.[HH].[HH].[HH]. The van der Waals surface area contributed by atoms with Crippen molar-refractivity contribution in [3.8, 4) is 10.6 Å². The molecule has 8 nitrogen and oxygen atoms in total. The number of aromatic nitrogens is 1. The summed E-state index contributed by atoms with van der Waals surface area (Å²) in [7, 11) is -3.80. The molecular weight excluding hydrogens is 330 g/mol. The van der Waals surface area contributed by atoms with E-state index >= 15 is 0 Å². The van der Waals surface area contributed by atoms with E-state index in [4.69, 9.17) is 9.52 Å². The zero-order chi connectivity index (χ0) is 16.3. The summed E-state index contributed by atoms with van der Waals surface area (Å²) in [5, 5.41) is 11.4. The predicted octanol–water partition coefficient (Wildman–Crippen LogP) is 1.68. The molecule has 0 atom stereocenters. The van der Waals surface area contributed by atoms with Gasteiger partial charge in [-0.3, -0.25) is 4.79 Å². The average Bonchev–Trinajstić information content (AvgIpc) is 3.03. The quantitative estimate of drug-likeness (QED) is 0.728. The van der Waals surface area contributed by atoms with Gasteiger partial charge in [-0.05, 0) is 19.1 Å². The van der Waals surface area contributed by atoms with Gasteiger partial charge in [0.25, 0.3) is 10.0 Å². The van der Waals surface area contributed by atoms with Gasteiger partial charge in [-0.15, -0.1) is 0 Å². The van der Waals surface area contributed by atoms with Gasteiger partial charge in [0.05, 0.1) is 17.2 Å². The molecule has 2 heterocycles. The summed E-state index contributed by atoms with van der Waals surface area (Å²) in [6.45, 7) is 2.71. The molecule has 2 aromatic heterocycles. The lowest BCUT2D eigenvalue weighted by Gasteiger charge is -2.01. The first-order chi connectivity index (χ1) is 10.3. The zero-order valence-corrected chi connectivity index (χ0v) is 13.5. The number of carbonyl (C=O) groups excluding carboxylic acids is 1. The summed E-state index contributed by atoms with van der Waals surface area (Å²) in [6.07, 6.45) is 0. The molecule has 0 bridgehead atoms. The van der Waals surface area contributed by atoms with E-state index in [1.54, 1.807) is 6.92 Å². The van der Waals surface area contributed by atoms with E-state index in [-0.39, 0.29) is 28.4 Å². The van der Waals surface area contributed by atoms with Crippen LogP contribution in [0, 0.1) is 6.92 Å². The lowest BCUT2D eigenvalue weighted by molar-refractivity contribution is -0.114. The van der Waals surface area contributed by atoms with Crippen molar-refractivity contribution >= 4 is 32.4 Å². The fourth-order valence-corrected chi connectivity index (χ4v) is 3.59. The largest absolute Gasteiger partial charge is 0.442 e. The van der Waals surface area contributed by atoms with Crippen LogP contribution in [0.2, 0.25) is 0 Å². The first-order valence-corrected chi connectivity index (χ1v) is 8.59. The van der Waals surface area contributed by atoms with Gasteiger partial charge in [-0.2, -0.15) is 0 Å². The number of furan rings is 1. The summed E-state index contributed by atoms with van der Waals surface area (Å²) in [6, 6.07) is 2.85. The maximum atomic E-state index is 11.9. The topological polar surface area (TPSA) is 122 Å². The van der Waals surface area contributed by atoms with Crippen LogP contribution in [0.1, 0.15) is 16.9 Å². The Morgan fingerprint density at radius 1 is 1.50 bits per heavy atom. The third-order valence-electron chi connectivity index (χ3n) is 2.55. The van der Waals surface area contributed by atoms with Crippen LogP contribution in [0.15, 0.2) is 21.6 Å². The molecule has 0 spiro atoms. The van der Waals surface area contributed by atoms with E-state index in [0.29, 0.717) is 21.5 Å². The summed E-state index contributed by atoms with van der Waals surface area (Å²) in [5.41, 5.74) is 0.621. The number of anilines is 1. The average molecular weight is 351 g/mol. The minimum Gasteiger partial charge on any atom is -0.442 e. The number of hydrogen-bond donors (Lipinski definition) is 3. The van der Waals surface area contributed by atoms with Gasteiger partial charge >= 0.3 is 0 Å². The van der Waals surface area contributed by atoms with Crippen molar-refractivity contribution in [3.63, 3.8) is 0 Å². The molecule has 0 unspecified atom stereocenters. The Balaban J connectivity index is 0. The molecule has 126 valence electrons. The van der Waals surface area contributed by atoms with E-state index in [1.807, 2.05) is 0 Å². The van der Waals surface area contributed by atoms with Gasteiger partial charge in [-0.1, -0.05) is 11.3 Å². The first-order valence-electron chi connectivity index (χ1n) is 6.29. The third-order valence-corrected chi connectivity index (χ3v) is 4.97. The molecule has 0 aliphatic heterocycles. The standard InChI is InChI=1S/C12H15N3O5S2.3H2/c1-7-11(21-12(14-7)15-8(2)17)9-3-4-10(20-9)22(18,19)13-5-6-16;;;/h3-4,13,16H,5-6H2,1-2H3,(H,14,15,17);3*1H. The van der Waals surface area contributed by atoms with E-state index in [9.17, 15) is 13.2 Å². The van der Waals surface area contributed by atoms with Crippen molar-refractivity contribution in [1.82, 2.24) is 9.71 Å². The predicted molar refractivity (Wildman–Crippen MR) is 87.5 cm³/mol. The highest BCUT2D eigenvalue weighted by Crippen LogP contribution is 2.34. The highest BCUT2D eigenvalue weighted by atomic mass is 32.2. The molecule has 0 aromatic carbocycles. The molecule has 0 radical (unpaired) electrons. The number of nitrogens with one attached hydrogen (secondary N) is 2. The molecule has 0 aliphatic rings. The normalized spacial score (nSPS) is 11.6.